The summed E-state index contributed by atoms with van der Waals surface area (Å²) in [6, 6.07) is 14.5. The third-order valence-electron chi connectivity index (χ3n) is 8.67. The quantitative estimate of drug-likeness (QED) is 0.462. The van der Waals surface area contributed by atoms with Crippen LogP contribution in [-0.2, 0) is 15.1 Å². The number of piperazine rings is 1. The number of nitrogens with one attached hydrogen (secondary N) is 1. The van der Waals surface area contributed by atoms with E-state index in [2.05, 4.69) is 36.2 Å². The van der Waals surface area contributed by atoms with Crippen LogP contribution >= 0.6 is 0 Å². The number of rotatable bonds is 7. The van der Waals surface area contributed by atoms with Crippen molar-refractivity contribution >= 4 is 22.7 Å². The summed E-state index contributed by atoms with van der Waals surface area (Å²) in [4.78, 5) is 35.3. The molecule has 1 saturated heterocycles. The molecule has 0 spiro atoms. The molecule has 0 radical (unpaired) electrons. The molecule has 1 saturated carbocycles. The summed E-state index contributed by atoms with van der Waals surface area (Å²) in [7, 11) is 0. The number of nitrogens with zero attached hydrogens (tertiary/aromatic N) is 2. The predicted molar refractivity (Wildman–Crippen MR) is 147 cm³/mol. The number of ether oxygens (including phenoxy) is 2. The molecule has 1 aliphatic carbocycles. The second-order valence-electron chi connectivity index (χ2n) is 10.9. The van der Waals surface area contributed by atoms with E-state index in [0.717, 1.165) is 65.6 Å². The van der Waals surface area contributed by atoms with Crippen LogP contribution in [0.3, 0.4) is 0 Å². The fourth-order valence-electron chi connectivity index (χ4n) is 6.78. The number of carbonyl (C=O) groups is 2. The first-order valence-electron chi connectivity index (χ1n) is 14.1. The van der Waals surface area contributed by atoms with Gasteiger partial charge in [0.2, 0.25) is 5.91 Å². The van der Waals surface area contributed by atoms with Gasteiger partial charge in [-0.25, -0.2) is 0 Å². The molecule has 1 N–H and O–H groups in total. The van der Waals surface area contributed by atoms with Crippen molar-refractivity contribution < 1.29 is 19.1 Å². The highest BCUT2D eigenvalue weighted by Gasteiger charge is 2.57. The van der Waals surface area contributed by atoms with Gasteiger partial charge in [-0.2, -0.15) is 0 Å². The zero-order valence-electron chi connectivity index (χ0n) is 22.6. The van der Waals surface area contributed by atoms with Gasteiger partial charge in [0.15, 0.2) is 17.0 Å². The van der Waals surface area contributed by atoms with E-state index in [0.29, 0.717) is 25.5 Å². The maximum atomic E-state index is 14.3. The first-order valence-corrected chi connectivity index (χ1v) is 14.1. The second-order valence-corrected chi connectivity index (χ2v) is 10.9. The Hall–Kier alpha value is -3.48. The monoisotopic (exact) mass is 515 g/mol. The third kappa shape index (κ3) is 3.77. The van der Waals surface area contributed by atoms with Gasteiger partial charge in [0, 0.05) is 29.4 Å². The Morgan fingerprint density at radius 2 is 1.82 bits per heavy atom. The van der Waals surface area contributed by atoms with Crippen molar-refractivity contribution in [1.82, 2.24) is 14.8 Å². The van der Waals surface area contributed by atoms with Crippen LogP contribution in [0.5, 0.6) is 11.5 Å². The van der Waals surface area contributed by atoms with Gasteiger partial charge >= 0.3 is 0 Å². The average Bonchev–Trinajstić information content (AvgIpc) is 3.60. The van der Waals surface area contributed by atoms with Crippen LogP contribution in [0.4, 0.5) is 0 Å². The fourth-order valence-corrected chi connectivity index (χ4v) is 6.78. The summed E-state index contributed by atoms with van der Waals surface area (Å²) >= 11 is 0. The Bertz CT molecular complexity index is 1370. The normalized spacial score (nSPS) is 23.6. The average molecular weight is 516 g/mol. The molecule has 3 aromatic rings. The van der Waals surface area contributed by atoms with Crippen molar-refractivity contribution in [2.45, 2.75) is 70.4 Å². The molecule has 2 aliphatic heterocycles. The first kappa shape index (κ1) is 24.8. The van der Waals surface area contributed by atoms with Crippen LogP contribution in [0.2, 0.25) is 0 Å². The van der Waals surface area contributed by atoms with Crippen LogP contribution in [-0.4, -0.2) is 58.9 Å². The van der Waals surface area contributed by atoms with Gasteiger partial charge < -0.3 is 24.3 Å². The third-order valence-corrected chi connectivity index (χ3v) is 8.67. The minimum Gasteiger partial charge on any atom is -0.490 e. The number of fused-ring (bicyclic) bond motifs is 5. The van der Waals surface area contributed by atoms with Crippen molar-refractivity contribution in [2.75, 3.05) is 26.3 Å². The van der Waals surface area contributed by atoms with E-state index in [1.807, 2.05) is 41.8 Å². The number of hydrogen-bond donors (Lipinski definition) is 1. The van der Waals surface area contributed by atoms with Crippen molar-refractivity contribution in [3.63, 3.8) is 0 Å². The SMILES string of the molecule is CCCOc1ccc([C@H]2CN3C(=O)CN(C4CCCC4)C(=O)[C@]3(C)c3[nH]c4ccccc4c32)cc1OCC. The lowest BCUT2D eigenvalue weighted by atomic mass is 9.76. The summed E-state index contributed by atoms with van der Waals surface area (Å²) in [6.07, 6.45) is 5.09. The van der Waals surface area contributed by atoms with Gasteiger partial charge in [0.05, 0.1) is 18.9 Å². The molecular weight excluding hydrogens is 478 g/mol. The number of carbonyl (C=O) groups excluding carboxylic acids is 2. The van der Waals surface area contributed by atoms with Crippen molar-refractivity contribution in [3.8, 4) is 11.5 Å². The smallest absolute Gasteiger partial charge is 0.255 e. The molecule has 2 amide bonds. The first-order chi connectivity index (χ1) is 18.5. The maximum Gasteiger partial charge on any atom is 0.255 e. The fraction of sp³-hybridized carbons (Fsp3) is 0.484. The standard InChI is InChI=1S/C31H37N3O4/c1-4-16-38-25-15-14-20(17-26(25)37-5-2)23-18-34-27(35)19-33(21-10-6-7-11-21)30(36)31(34,3)29-28(23)22-12-8-9-13-24(22)32-29/h8-9,12-15,17,21,23,32H,4-7,10-11,16,18-19H2,1-3H3/t23-,31+/m1/s1. The summed E-state index contributed by atoms with van der Waals surface area (Å²) < 4.78 is 11.9. The maximum absolute atomic E-state index is 14.3. The van der Waals surface area contributed by atoms with E-state index >= 15 is 0 Å². The number of aromatic amines is 1. The molecule has 7 nitrogen and oxygen atoms in total. The van der Waals surface area contributed by atoms with E-state index < -0.39 is 5.54 Å². The van der Waals surface area contributed by atoms with Crippen LogP contribution in [0.25, 0.3) is 10.9 Å². The Kier molecular flexibility index (Phi) is 6.33. The number of benzene rings is 2. The molecule has 38 heavy (non-hydrogen) atoms. The number of para-hydroxylation sites is 1. The van der Waals surface area contributed by atoms with Crippen LogP contribution in [0.1, 0.15) is 75.6 Å². The van der Waals surface area contributed by atoms with Gasteiger partial charge in [0.1, 0.15) is 6.54 Å². The minimum atomic E-state index is -1.06. The molecule has 2 fully saturated rings. The largest absolute Gasteiger partial charge is 0.490 e. The van der Waals surface area contributed by atoms with Crippen molar-refractivity contribution in [1.29, 1.82) is 0 Å². The highest BCUT2D eigenvalue weighted by atomic mass is 16.5. The number of amides is 2. The van der Waals surface area contributed by atoms with Gasteiger partial charge in [0.25, 0.3) is 5.91 Å². The van der Waals surface area contributed by atoms with E-state index in [-0.39, 0.29) is 30.3 Å². The van der Waals surface area contributed by atoms with E-state index in [1.54, 1.807) is 0 Å². The molecule has 3 aliphatic rings. The summed E-state index contributed by atoms with van der Waals surface area (Å²) in [6.45, 7) is 7.74. The van der Waals surface area contributed by atoms with Crippen LogP contribution < -0.4 is 9.47 Å². The highest BCUT2D eigenvalue weighted by molar-refractivity contribution is 6.01. The lowest BCUT2D eigenvalue weighted by Gasteiger charge is -2.52. The summed E-state index contributed by atoms with van der Waals surface area (Å²) in [5, 5.41) is 1.09. The Balaban J connectivity index is 1.50. The summed E-state index contributed by atoms with van der Waals surface area (Å²) in [5.41, 5.74) is 2.90. The van der Waals surface area contributed by atoms with Crippen LogP contribution in [0, 0.1) is 0 Å². The number of H-pyrrole nitrogens is 1. The molecule has 0 unspecified atom stereocenters. The van der Waals surface area contributed by atoms with Gasteiger partial charge in [-0.1, -0.05) is 44.0 Å². The number of hydrogen-bond acceptors (Lipinski definition) is 4. The molecule has 3 heterocycles. The molecule has 6 rings (SSSR count). The van der Waals surface area contributed by atoms with Gasteiger partial charge in [-0.05, 0) is 62.4 Å². The van der Waals surface area contributed by atoms with Gasteiger partial charge in [-0.15, -0.1) is 0 Å². The Labute approximate surface area is 224 Å². The Morgan fingerprint density at radius 1 is 1.03 bits per heavy atom. The zero-order valence-corrected chi connectivity index (χ0v) is 22.6. The highest BCUT2D eigenvalue weighted by Crippen LogP contribution is 2.49. The number of aromatic nitrogens is 1. The van der Waals surface area contributed by atoms with Crippen LogP contribution in [0.15, 0.2) is 42.5 Å². The summed E-state index contributed by atoms with van der Waals surface area (Å²) in [5.74, 6) is 1.38. The molecule has 7 heteroatoms. The predicted octanol–water partition coefficient (Wildman–Crippen LogP) is 5.33. The lowest BCUT2D eigenvalue weighted by molar-refractivity contribution is -0.168. The second kappa shape index (κ2) is 9.68. The molecule has 2 aromatic carbocycles. The zero-order chi connectivity index (χ0) is 26.4. The molecule has 2 atom stereocenters. The van der Waals surface area contributed by atoms with E-state index in [1.165, 1.54) is 0 Å². The lowest BCUT2D eigenvalue weighted by Crippen LogP contribution is -2.68. The topological polar surface area (TPSA) is 74.9 Å². The van der Waals surface area contributed by atoms with E-state index in [9.17, 15) is 9.59 Å². The molecule has 1 aromatic heterocycles. The van der Waals surface area contributed by atoms with E-state index in [4.69, 9.17) is 9.47 Å². The van der Waals surface area contributed by atoms with Crippen molar-refractivity contribution in [3.05, 3.63) is 59.3 Å². The molecule has 0 bridgehead atoms. The minimum absolute atomic E-state index is 0.0150. The van der Waals surface area contributed by atoms with Crippen molar-refractivity contribution in [2.24, 2.45) is 0 Å². The van der Waals surface area contributed by atoms with Gasteiger partial charge in [-0.3, -0.25) is 9.59 Å². The Morgan fingerprint density at radius 3 is 2.58 bits per heavy atom. The molecule has 200 valence electrons. The molecular formula is C31H37N3O4.